The van der Waals surface area contributed by atoms with Crippen molar-refractivity contribution in [1.29, 1.82) is 5.26 Å². The van der Waals surface area contributed by atoms with E-state index in [0.717, 1.165) is 14.7 Å². The molecule has 37 heavy (non-hydrogen) atoms. The van der Waals surface area contributed by atoms with Crippen LogP contribution in [0.25, 0.3) is 6.08 Å². The van der Waals surface area contributed by atoms with E-state index in [-0.39, 0.29) is 18.7 Å². The van der Waals surface area contributed by atoms with Crippen molar-refractivity contribution in [3.63, 3.8) is 0 Å². The number of nitrogens with one attached hydrogen (secondary N) is 1. The first kappa shape index (κ1) is 28.4. The van der Waals surface area contributed by atoms with Crippen LogP contribution < -0.4 is 24.3 Å². The molecule has 0 aliphatic heterocycles. The smallest absolute Gasteiger partial charge is 0.262 e. The number of carbonyl (C=O) groups is 1. The number of halogens is 3. The molecule has 0 radical (unpaired) electrons. The number of nitriles is 1. The highest BCUT2D eigenvalue weighted by molar-refractivity contribution is 14.1. The van der Waals surface area contributed by atoms with Crippen molar-refractivity contribution in [1.82, 2.24) is 5.32 Å². The highest BCUT2D eigenvalue weighted by atomic mass is 127. The summed E-state index contributed by atoms with van der Waals surface area (Å²) in [5, 5.41) is 13.4. The highest BCUT2D eigenvalue weighted by Gasteiger charge is 2.15. The molecule has 3 aromatic carbocycles. The van der Waals surface area contributed by atoms with E-state index in [1.165, 1.54) is 20.3 Å². The Hall–Kier alpha value is -3.13. The standard InChI is InChI=1S/C27H23Cl2IN2O5/c1-34-21-7-5-17(24(12-21)35-2)14-32-27(33)19(13-31)8-16-9-23(30)26(25(10-16)36-3)37-15-18-4-6-20(28)11-22(18)29/h4-12H,14-15H2,1-3H3,(H,32,33)/b19-8+. The van der Waals surface area contributed by atoms with Crippen molar-refractivity contribution in [3.8, 4) is 29.1 Å². The zero-order valence-electron chi connectivity index (χ0n) is 20.2. The molecule has 1 N–H and O–H groups in total. The molecule has 10 heteroatoms. The molecule has 0 heterocycles. The highest BCUT2D eigenvalue weighted by Crippen LogP contribution is 2.36. The molecule has 0 spiro atoms. The SMILES string of the molecule is COc1ccc(CNC(=O)/C(C#N)=C/c2cc(I)c(OCc3ccc(Cl)cc3Cl)c(OC)c2)c(OC)c1. The third kappa shape index (κ3) is 7.44. The summed E-state index contributed by atoms with van der Waals surface area (Å²) >= 11 is 14.3. The second-order valence-electron chi connectivity index (χ2n) is 7.59. The van der Waals surface area contributed by atoms with E-state index < -0.39 is 5.91 Å². The summed E-state index contributed by atoms with van der Waals surface area (Å²) in [4.78, 5) is 12.7. The van der Waals surface area contributed by atoms with Gasteiger partial charge in [0.2, 0.25) is 0 Å². The Morgan fingerprint density at radius 1 is 1.00 bits per heavy atom. The molecule has 3 rings (SSSR count). The van der Waals surface area contributed by atoms with E-state index in [0.29, 0.717) is 38.6 Å². The molecule has 0 aliphatic carbocycles. The van der Waals surface area contributed by atoms with Gasteiger partial charge in [-0.3, -0.25) is 4.79 Å². The van der Waals surface area contributed by atoms with Gasteiger partial charge in [-0.1, -0.05) is 29.3 Å². The minimum atomic E-state index is -0.521. The molecule has 0 saturated heterocycles. The summed E-state index contributed by atoms with van der Waals surface area (Å²) in [5.41, 5.74) is 2.05. The van der Waals surface area contributed by atoms with Crippen molar-refractivity contribution in [3.05, 3.63) is 84.4 Å². The van der Waals surface area contributed by atoms with Gasteiger partial charge in [-0.05, 0) is 70.6 Å². The summed E-state index contributed by atoms with van der Waals surface area (Å²) in [5.74, 6) is 1.64. The van der Waals surface area contributed by atoms with Crippen LogP contribution in [0.5, 0.6) is 23.0 Å². The lowest BCUT2D eigenvalue weighted by atomic mass is 10.1. The summed E-state index contributed by atoms with van der Waals surface area (Å²) in [6, 6.07) is 15.9. The monoisotopic (exact) mass is 652 g/mol. The Labute approximate surface area is 239 Å². The van der Waals surface area contributed by atoms with Gasteiger partial charge in [0.1, 0.15) is 29.7 Å². The Balaban J connectivity index is 1.77. The molecule has 0 unspecified atom stereocenters. The third-order valence-electron chi connectivity index (χ3n) is 5.25. The number of amides is 1. The number of carbonyl (C=O) groups excluding carboxylic acids is 1. The van der Waals surface area contributed by atoms with Crippen molar-refractivity contribution in [2.24, 2.45) is 0 Å². The van der Waals surface area contributed by atoms with Crippen LogP contribution in [0.1, 0.15) is 16.7 Å². The third-order valence-corrected chi connectivity index (χ3v) is 6.64. The van der Waals surface area contributed by atoms with Crippen LogP contribution in [0.15, 0.2) is 54.1 Å². The van der Waals surface area contributed by atoms with Gasteiger partial charge >= 0.3 is 0 Å². The van der Waals surface area contributed by atoms with E-state index in [9.17, 15) is 10.1 Å². The average Bonchev–Trinajstić information content (AvgIpc) is 2.90. The Bertz CT molecular complexity index is 1370. The Morgan fingerprint density at radius 2 is 1.73 bits per heavy atom. The predicted octanol–water partition coefficient (Wildman–Crippen LogP) is 6.43. The van der Waals surface area contributed by atoms with E-state index in [1.54, 1.807) is 55.6 Å². The number of benzene rings is 3. The van der Waals surface area contributed by atoms with Crippen LogP contribution in [0.3, 0.4) is 0 Å². The van der Waals surface area contributed by atoms with Gasteiger partial charge in [0.25, 0.3) is 5.91 Å². The van der Waals surface area contributed by atoms with Gasteiger partial charge in [-0.25, -0.2) is 0 Å². The number of methoxy groups -OCH3 is 3. The molecule has 7 nitrogen and oxygen atoms in total. The fourth-order valence-electron chi connectivity index (χ4n) is 3.34. The summed E-state index contributed by atoms with van der Waals surface area (Å²) < 4.78 is 22.8. The molecule has 1 amide bonds. The van der Waals surface area contributed by atoms with E-state index in [1.807, 2.05) is 6.07 Å². The van der Waals surface area contributed by atoms with Gasteiger partial charge in [0.15, 0.2) is 11.5 Å². The largest absolute Gasteiger partial charge is 0.497 e. The lowest BCUT2D eigenvalue weighted by Gasteiger charge is -2.14. The molecule has 0 fully saturated rings. The molecule has 0 atom stereocenters. The number of hydrogen-bond acceptors (Lipinski definition) is 6. The minimum Gasteiger partial charge on any atom is -0.497 e. The molecule has 192 valence electrons. The number of ether oxygens (including phenoxy) is 4. The second-order valence-corrected chi connectivity index (χ2v) is 9.59. The predicted molar refractivity (Wildman–Crippen MR) is 151 cm³/mol. The van der Waals surface area contributed by atoms with Crippen LogP contribution >= 0.6 is 45.8 Å². The zero-order valence-corrected chi connectivity index (χ0v) is 23.9. The maximum Gasteiger partial charge on any atom is 0.262 e. The van der Waals surface area contributed by atoms with Gasteiger partial charge in [0, 0.05) is 33.8 Å². The fraction of sp³-hybridized carbons (Fsp3) is 0.185. The van der Waals surface area contributed by atoms with Gasteiger partial charge < -0.3 is 24.3 Å². The van der Waals surface area contributed by atoms with Crippen LogP contribution in [0, 0.1) is 14.9 Å². The number of hydrogen-bond donors (Lipinski definition) is 1. The fourth-order valence-corrected chi connectivity index (χ4v) is 4.58. The molecule has 0 aromatic heterocycles. The molecular formula is C27H23Cl2IN2O5. The van der Waals surface area contributed by atoms with Crippen molar-refractivity contribution < 1.29 is 23.7 Å². The number of rotatable bonds is 10. The zero-order chi connectivity index (χ0) is 26.9. The topological polar surface area (TPSA) is 89.8 Å². The summed E-state index contributed by atoms with van der Waals surface area (Å²) in [6.45, 7) is 0.379. The van der Waals surface area contributed by atoms with E-state index in [4.69, 9.17) is 42.1 Å². The quantitative estimate of drug-likeness (QED) is 0.154. The van der Waals surface area contributed by atoms with Crippen molar-refractivity contribution >= 4 is 57.8 Å². The van der Waals surface area contributed by atoms with Crippen LogP contribution in [-0.4, -0.2) is 27.2 Å². The lowest BCUT2D eigenvalue weighted by molar-refractivity contribution is -0.117. The molecule has 3 aromatic rings. The minimum absolute atomic E-state index is 0.0630. The molecule has 0 saturated carbocycles. The first-order valence-electron chi connectivity index (χ1n) is 10.8. The van der Waals surface area contributed by atoms with E-state index >= 15 is 0 Å². The lowest BCUT2D eigenvalue weighted by Crippen LogP contribution is -2.24. The van der Waals surface area contributed by atoms with Gasteiger partial charge in [-0.2, -0.15) is 5.26 Å². The van der Waals surface area contributed by atoms with Crippen LogP contribution in [-0.2, 0) is 17.9 Å². The Kier molecular flexibility index (Phi) is 10.3. The first-order chi connectivity index (χ1) is 17.8. The van der Waals surface area contributed by atoms with Crippen molar-refractivity contribution in [2.45, 2.75) is 13.2 Å². The van der Waals surface area contributed by atoms with Gasteiger partial charge in [-0.15, -0.1) is 0 Å². The van der Waals surface area contributed by atoms with E-state index in [2.05, 4.69) is 27.9 Å². The summed E-state index contributed by atoms with van der Waals surface area (Å²) in [6.07, 6.45) is 1.49. The molecule has 0 aliphatic rings. The van der Waals surface area contributed by atoms with Crippen LogP contribution in [0.2, 0.25) is 10.0 Å². The van der Waals surface area contributed by atoms with Gasteiger partial charge in [0.05, 0.1) is 24.9 Å². The summed E-state index contributed by atoms with van der Waals surface area (Å²) in [7, 11) is 4.61. The average molecular weight is 653 g/mol. The van der Waals surface area contributed by atoms with Crippen LogP contribution in [0.4, 0.5) is 0 Å². The Morgan fingerprint density at radius 3 is 2.38 bits per heavy atom. The second kappa shape index (κ2) is 13.4. The maximum atomic E-state index is 12.7. The first-order valence-corrected chi connectivity index (χ1v) is 12.7. The normalized spacial score (nSPS) is 10.9. The molecular weight excluding hydrogens is 630 g/mol. The number of nitrogens with zero attached hydrogens (tertiary/aromatic N) is 1. The van der Waals surface area contributed by atoms with Crippen molar-refractivity contribution in [2.75, 3.05) is 21.3 Å². The maximum absolute atomic E-state index is 12.7. The molecule has 0 bridgehead atoms.